The summed E-state index contributed by atoms with van der Waals surface area (Å²) in [7, 11) is 0. The fourth-order valence-electron chi connectivity index (χ4n) is 1.36. The maximum absolute atomic E-state index is 11.2. The quantitative estimate of drug-likeness (QED) is 0.463. The van der Waals surface area contributed by atoms with Gasteiger partial charge in [-0.1, -0.05) is 0 Å². The summed E-state index contributed by atoms with van der Waals surface area (Å²) in [5.74, 6) is -1.56. The molecule has 0 aliphatic heterocycles. The predicted molar refractivity (Wildman–Crippen MR) is 44.0 cm³/mol. The molecule has 1 aliphatic rings. The molecule has 4 heteroatoms. The van der Waals surface area contributed by atoms with Crippen LogP contribution in [0.4, 0.5) is 0 Å². The van der Waals surface area contributed by atoms with E-state index in [1.807, 2.05) is 0 Å². The molecule has 0 saturated heterocycles. The van der Waals surface area contributed by atoms with Gasteiger partial charge in [-0.3, -0.25) is 14.4 Å². The minimum Gasteiger partial charge on any atom is -0.465 e. The summed E-state index contributed by atoms with van der Waals surface area (Å²) in [5.41, 5.74) is 0. The first-order valence-corrected chi connectivity index (χ1v) is 4.36. The molecule has 0 bridgehead atoms. The molecule has 1 atom stereocenters. The van der Waals surface area contributed by atoms with Gasteiger partial charge in [0.1, 0.15) is 11.7 Å². The van der Waals surface area contributed by atoms with E-state index in [9.17, 15) is 14.4 Å². The smallest absolute Gasteiger partial charge is 0.316 e. The van der Waals surface area contributed by atoms with Gasteiger partial charge in [-0.15, -0.1) is 0 Å². The number of esters is 1. The van der Waals surface area contributed by atoms with Gasteiger partial charge in [-0.2, -0.15) is 0 Å². The average molecular weight is 184 g/mol. The highest BCUT2D eigenvalue weighted by Crippen LogP contribution is 2.19. The Kier molecular flexibility index (Phi) is 3.17. The molecular weight excluding hydrogens is 172 g/mol. The summed E-state index contributed by atoms with van der Waals surface area (Å²) < 4.78 is 4.72. The third kappa shape index (κ3) is 2.37. The zero-order chi connectivity index (χ0) is 9.84. The molecule has 0 heterocycles. The van der Waals surface area contributed by atoms with E-state index in [2.05, 4.69) is 0 Å². The van der Waals surface area contributed by atoms with Crippen molar-refractivity contribution in [3.8, 4) is 0 Å². The SMILES string of the molecule is CCOC(=O)C1CCC(=O)CC1=O. The minimum atomic E-state index is -0.697. The molecule has 0 aromatic heterocycles. The van der Waals surface area contributed by atoms with Crippen molar-refractivity contribution in [3.63, 3.8) is 0 Å². The third-order valence-corrected chi connectivity index (χ3v) is 2.04. The van der Waals surface area contributed by atoms with Gasteiger partial charge < -0.3 is 4.74 Å². The van der Waals surface area contributed by atoms with Crippen molar-refractivity contribution in [3.05, 3.63) is 0 Å². The van der Waals surface area contributed by atoms with Crippen molar-refractivity contribution in [2.24, 2.45) is 5.92 Å². The van der Waals surface area contributed by atoms with E-state index in [-0.39, 0.29) is 24.6 Å². The number of ether oxygens (including phenoxy) is 1. The summed E-state index contributed by atoms with van der Waals surface area (Å²) in [6, 6.07) is 0. The molecule has 1 fully saturated rings. The van der Waals surface area contributed by atoms with Gasteiger partial charge in [0.15, 0.2) is 5.78 Å². The Bertz CT molecular complexity index is 244. The van der Waals surface area contributed by atoms with Crippen molar-refractivity contribution in [1.82, 2.24) is 0 Å². The standard InChI is InChI=1S/C9H12O4/c1-2-13-9(12)7-4-3-6(10)5-8(7)11/h7H,2-5H2,1H3. The van der Waals surface area contributed by atoms with Crippen LogP contribution in [0.2, 0.25) is 0 Å². The molecular formula is C9H12O4. The van der Waals surface area contributed by atoms with Crippen LogP contribution in [-0.4, -0.2) is 24.1 Å². The maximum atomic E-state index is 11.2. The number of carbonyl (C=O) groups excluding carboxylic acids is 3. The largest absolute Gasteiger partial charge is 0.465 e. The zero-order valence-corrected chi connectivity index (χ0v) is 7.54. The van der Waals surface area contributed by atoms with Crippen molar-refractivity contribution < 1.29 is 19.1 Å². The number of hydrogen-bond donors (Lipinski definition) is 0. The van der Waals surface area contributed by atoms with Gasteiger partial charge in [0.2, 0.25) is 0 Å². The number of hydrogen-bond acceptors (Lipinski definition) is 4. The van der Waals surface area contributed by atoms with E-state index in [4.69, 9.17) is 4.74 Å². The van der Waals surface area contributed by atoms with Crippen molar-refractivity contribution in [1.29, 1.82) is 0 Å². The number of Topliss-reactive ketones (excluding diaryl/α,β-unsaturated/α-hetero) is 2. The lowest BCUT2D eigenvalue weighted by Gasteiger charge is -2.17. The summed E-state index contributed by atoms with van der Waals surface area (Å²) in [5, 5.41) is 0. The van der Waals surface area contributed by atoms with Crippen LogP contribution in [0, 0.1) is 5.92 Å². The number of rotatable bonds is 2. The number of carbonyl (C=O) groups is 3. The Morgan fingerprint density at radius 3 is 2.77 bits per heavy atom. The summed E-state index contributed by atoms with van der Waals surface area (Å²) >= 11 is 0. The van der Waals surface area contributed by atoms with Crippen LogP contribution in [-0.2, 0) is 19.1 Å². The molecule has 1 aliphatic carbocycles. The Morgan fingerprint density at radius 1 is 1.54 bits per heavy atom. The second-order valence-electron chi connectivity index (χ2n) is 3.03. The van der Waals surface area contributed by atoms with Crippen LogP contribution >= 0.6 is 0 Å². The molecule has 0 aromatic rings. The summed E-state index contributed by atoms with van der Waals surface area (Å²) in [6.07, 6.45) is 0.523. The Labute approximate surface area is 76.3 Å². The van der Waals surface area contributed by atoms with Crippen LogP contribution in [0.15, 0.2) is 0 Å². The van der Waals surface area contributed by atoms with Gasteiger partial charge in [0, 0.05) is 6.42 Å². The summed E-state index contributed by atoms with van der Waals surface area (Å²) in [4.78, 5) is 33.2. The van der Waals surface area contributed by atoms with Gasteiger partial charge in [0.05, 0.1) is 13.0 Å². The molecule has 0 radical (unpaired) electrons. The highest BCUT2D eigenvalue weighted by atomic mass is 16.5. The molecule has 0 aromatic carbocycles. The van der Waals surface area contributed by atoms with Crippen molar-refractivity contribution in [2.75, 3.05) is 6.61 Å². The van der Waals surface area contributed by atoms with Crippen LogP contribution in [0.3, 0.4) is 0 Å². The van der Waals surface area contributed by atoms with Gasteiger partial charge in [-0.05, 0) is 13.3 Å². The van der Waals surface area contributed by atoms with Gasteiger partial charge in [0.25, 0.3) is 0 Å². The van der Waals surface area contributed by atoms with Crippen LogP contribution in [0.5, 0.6) is 0 Å². The molecule has 0 N–H and O–H groups in total. The lowest BCUT2D eigenvalue weighted by Crippen LogP contribution is -2.32. The molecule has 4 nitrogen and oxygen atoms in total. The van der Waals surface area contributed by atoms with Gasteiger partial charge in [-0.25, -0.2) is 0 Å². The lowest BCUT2D eigenvalue weighted by atomic mass is 9.87. The third-order valence-electron chi connectivity index (χ3n) is 2.04. The first kappa shape index (κ1) is 9.89. The molecule has 1 saturated carbocycles. The fraction of sp³-hybridized carbons (Fsp3) is 0.667. The predicted octanol–water partition coefficient (Wildman–Crippen LogP) is 0.488. The Morgan fingerprint density at radius 2 is 2.23 bits per heavy atom. The van der Waals surface area contributed by atoms with E-state index in [0.717, 1.165) is 0 Å². The maximum Gasteiger partial charge on any atom is 0.316 e. The fourth-order valence-corrected chi connectivity index (χ4v) is 1.36. The molecule has 1 rings (SSSR count). The summed E-state index contributed by atoms with van der Waals surface area (Å²) in [6.45, 7) is 1.97. The topological polar surface area (TPSA) is 60.4 Å². The zero-order valence-electron chi connectivity index (χ0n) is 7.54. The van der Waals surface area contributed by atoms with E-state index >= 15 is 0 Å². The van der Waals surface area contributed by atoms with Gasteiger partial charge >= 0.3 is 5.97 Å². The van der Waals surface area contributed by atoms with Crippen LogP contribution in [0.25, 0.3) is 0 Å². The molecule has 13 heavy (non-hydrogen) atoms. The second kappa shape index (κ2) is 4.16. The van der Waals surface area contributed by atoms with E-state index in [1.54, 1.807) is 6.92 Å². The Hall–Kier alpha value is -1.19. The monoisotopic (exact) mass is 184 g/mol. The molecule has 0 spiro atoms. The average Bonchev–Trinajstić information content (AvgIpc) is 2.04. The highest BCUT2D eigenvalue weighted by molar-refractivity contribution is 6.10. The van der Waals surface area contributed by atoms with E-state index < -0.39 is 11.9 Å². The second-order valence-corrected chi connectivity index (χ2v) is 3.03. The Balaban J connectivity index is 2.55. The molecule has 0 amide bonds. The van der Waals surface area contributed by atoms with E-state index in [0.29, 0.717) is 12.8 Å². The first-order chi connectivity index (χ1) is 6.15. The van der Waals surface area contributed by atoms with E-state index in [1.165, 1.54) is 0 Å². The minimum absolute atomic E-state index is 0.0782. The normalized spacial score (nSPS) is 23.0. The highest BCUT2D eigenvalue weighted by Gasteiger charge is 2.33. The van der Waals surface area contributed by atoms with Crippen molar-refractivity contribution >= 4 is 17.5 Å². The first-order valence-electron chi connectivity index (χ1n) is 4.36. The lowest BCUT2D eigenvalue weighted by molar-refractivity contribution is -0.153. The number of ketones is 2. The van der Waals surface area contributed by atoms with Crippen LogP contribution in [0.1, 0.15) is 26.2 Å². The van der Waals surface area contributed by atoms with Crippen LogP contribution < -0.4 is 0 Å². The molecule has 72 valence electrons. The van der Waals surface area contributed by atoms with Crippen molar-refractivity contribution in [2.45, 2.75) is 26.2 Å². The molecule has 1 unspecified atom stereocenters.